The van der Waals surface area contributed by atoms with Crippen LogP contribution in [0.1, 0.15) is 13.8 Å². The monoisotopic (exact) mass is 217 g/mol. The third-order valence-electron chi connectivity index (χ3n) is 2.59. The molecule has 0 fully saturated rings. The van der Waals surface area contributed by atoms with Gasteiger partial charge in [-0.1, -0.05) is 18.2 Å². The molecule has 0 radical (unpaired) electrons. The van der Waals surface area contributed by atoms with E-state index < -0.39 is 6.10 Å². The van der Waals surface area contributed by atoms with Crippen LogP contribution in [0.2, 0.25) is 0 Å². The van der Waals surface area contributed by atoms with Crippen LogP contribution in [0, 0.1) is 0 Å². The van der Waals surface area contributed by atoms with Crippen LogP contribution in [0.3, 0.4) is 0 Å². The molecule has 16 heavy (non-hydrogen) atoms. The van der Waals surface area contributed by atoms with Crippen LogP contribution >= 0.6 is 0 Å². The van der Waals surface area contributed by atoms with Gasteiger partial charge in [0.2, 0.25) is 0 Å². The molecule has 1 heterocycles. The number of aliphatic hydroxyl groups is 1. The first-order valence-corrected chi connectivity index (χ1v) is 5.37. The van der Waals surface area contributed by atoms with E-state index in [1.165, 1.54) is 0 Å². The van der Waals surface area contributed by atoms with Crippen LogP contribution in [0.5, 0.6) is 5.75 Å². The zero-order valence-electron chi connectivity index (χ0n) is 9.42. The van der Waals surface area contributed by atoms with Gasteiger partial charge < -0.3 is 9.84 Å². The first-order chi connectivity index (χ1) is 7.68. The highest BCUT2D eigenvalue weighted by molar-refractivity contribution is 5.84. The molecular formula is C13H15NO2. The number of hydrogen-bond donors (Lipinski definition) is 1. The summed E-state index contributed by atoms with van der Waals surface area (Å²) in [6, 6.07) is 9.66. The van der Waals surface area contributed by atoms with Gasteiger partial charge in [0.05, 0.1) is 6.10 Å². The van der Waals surface area contributed by atoms with E-state index in [-0.39, 0.29) is 6.10 Å². The summed E-state index contributed by atoms with van der Waals surface area (Å²) >= 11 is 0. The zero-order chi connectivity index (χ0) is 11.5. The van der Waals surface area contributed by atoms with Crippen LogP contribution in [-0.2, 0) is 0 Å². The number of aliphatic hydroxyl groups excluding tert-OH is 1. The van der Waals surface area contributed by atoms with E-state index in [0.717, 1.165) is 10.9 Å². The summed E-state index contributed by atoms with van der Waals surface area (Å²) in [5.41, 5.74) is 0.831. The van der Waals surface area contributed by atoms with Gasteiger partial charge in [0, 0.05) is 11.6 Å². The van der Waals surface area contributed by atoms with Crippen molar-refractivity contribution in [3.05, 3.63) is 36.5 Å². The summed E-state index contributed by atoms with van der Waals surface area (Å²) in [5, 5.41) is 10.4. The van der Waals surface area contributed by atoms with Crippen LogP contribution in [0.15, 0.2) is 36.5 Å². The van der Waals surface area contributed by atoms with Crippen LogP contribution in [0.25, 0.3) is 10.9 Å². The van der Waals surface area contributed by atoms with Crippen molar-refractivity contribution in [1.29, 1.82) is 0 Å². The number of pyridine rings is 1. The first kappa shape index (κ1) is 10.9. The fraction of sp³-hybridized carbons (Fsp3) is 0.308. The van der Waals surface area contributed by atoms with Crippen molar-refractivity contribution in [2.24, 2.45) is 0 Å². The molecule has 3 nitrogen and oxygen atoms in total. The average molecular weight is 217 g/mol. The van der Waals surface area contributed by atoms with Crippen molar-refractivity contribution < 1.29 is 9.84 Å². The van der Waals surface area contributed by atoms with E-state index >= 15 is 0 Å². The molecule has 84 valence electrons. The summed E-state index contributed by atoms with van der Waals surface area (Å²) in [7, 11) is 0. The Balaban J connectivity index is 2.37. The number of ether oxygens (including phenoxy) is 1. The second kappa shape index (κ2) is 4.49. The van der Waals surface area contributed by atoms with Gasteiger partial charge in [-0.2, -0.15) is 0 Å². The highest BCUT2D eigenvalue weighted by atomic mass is 16.5. The smallest absolute Gasteiger partial charge is 0.146 e. The molecule has 2 aromatic rings. The molecule has 1 aromatic heterocycles. The summed E-state index contributed by atoms with van der Waals surface area (Å²) in [6.45, 7) is 3.55. The molecule has 0 aliphatic rings. The highest BCUT2D eigenvalue weighted by Gasteiger charge is 2.12. The van der Waals surface area contributed by atoms with E-state index in [9.17, 15) is 5.11 Å². The van der Waals surface area contributed by atoms with Crippen molar-refractivity contribution in [1.82, 2.24) is 4.98 Å². The van der Waals surface area contributed by atoms with Crippen molar-refractivity contribution in [2.75, 3.05) is 0 Å². The van der Waals surface area contributed by atoms with Crippen molar-refractivity contribution in [3.63, 3.8) is 0 Å². The summed E-state index contributed by atoms with van der Waals surface area (Å²) < 4.78 is 5.68. The minimum atomic E-state index is -0.501. The Morgan fingerprint density at radius 2 is 1.94 bits per heavy atom. The third-order valence-corrected chi connectivity index (χ3v) is 2.59. The Bertz CT molecular complexity index is 477. The topological polar surface area (TPSA) is 42.4 Å². The molecule has 3 heteroatoms. The minimum absolute atomic E-state index is 0.243. The lowest BCUT2D eigenvalue weighted by molar-refractivity contribution is 0.0613. The molecule has 2 atom stereocenters. The molecule has 0 saturated heterocycles. The lowest BCUT2D eigenvalue weighted by Gasteiger charge is -2.17. The molecule has 1 N–H and O–H groups in total. The van der Waals surface area contributed by atoms with Gasteiger partial charge in [0.1, 0.15) is 17.4 Å². The highest BCUT2D eigenvalue weighted by Crippen LogP contribution is 2.24. The fourth-order valence-corrected chi connectivity index (χ4v) is 1.47. The van der Waals surface area contributed by atoms with Crippen molar-refractivity contribution in [3.8, 4) is 5.75 Å². The van der Waals surface area contributed by atoms with Crippen LogP contribution in [-0.4, -0.2) is 22.3 Å². The maximum Gasteiger partial charge on any atom is 0.146 e. The normalized spacial score (nSPS) is 14.7. The fourth-order valence-electron chi connectivity index (χ4n) is 1.47. The van der Waals surface area contributed by atoms with E-state index in [2.05, 4.69) is 4.98 Å². The van der Waals surface area contributed by atoms with E-state index in [0.29, 0.717) is 5.75 Å². The number of para-hydroxylation sites is 1. The van der Waals surface area contributed by atoms with E-state index in [1.807, 2.05) is 37.3 Å². The van der Waals surface area contributed by atoms with Gasteiger partial charge in [-0.05, 0) is 26.0 Å². The molecule has 1 aromatic carbocycles. The molecule has 0 spiro atoms. The molecule has 0 aliphatic heterocycles. The second-order valence-electron chi connectivity index (χ2n) is 3.89. The second-order valence-corrected chi connectivity index (χ2v) is 3.89. The standard InChI is InChI=1S/C13H15NO2/c1-9(15)10(2)16-12-7-3-5-11-6-4-8-14-13(11)12/h3-10,15H,1-2H3/t9-,10?/m0/s1. The van der Waals surface area contributed by atoms with Gasteiger partial charge in [-0.15, -0.1) is 0 Å². The lowest BCUT2D eigenvalue weighted by atomic mass is 10.2. The zero-order valence-corrected chi connectivity index (χ0v) is 9.42. The maximum absolute atomic E-state index is 9.41. The molecule has 0 aliphatic carbocycles. The Morgan fingerprint density at radius 3 is 2.69 bits per heavy atom. The summed E-state index contributed by atoms with van der Waals surface area (Å²) in [5.74, 6) is 0.714. The summed E-state index contributed by atoms with van der Waals surface area (Å²) in [4.78, 5) is 4.29. The van der Waals surface area contributed by atoms with Crippen LogP contribution < -0.4 is 4.74 Å². The average Bonchev–Trinajstić information content (AvgIpc) is 2.29. The molecule has 1 unspecified atom stereocenters. The Kier molecular flexibility index (Phi) is 3.06. The Morgan fingerprint density at radius 1 is 1.19 bits per heavy atom. The van der Waals surface area contributed by atoms with E-state index in [1.54, 1.807) is 13.1 Å². The maximum atomic E-state index is 9.41. The molecule has 2 rings (SSSR count). The number of hydrogen-bond acceptors (Lipinski definition) is 3. The SMILES string of the molecule is CC(Oc1cccc2cccnc12)[C@H](C)O. The number of fused-ring (bicyclic) bond motifs is 1. The number of aromatic nitrogens is 1. The molecule has 0 bridgehead atoms. The lowest BCUT2D eigenvalue weighted by Crippen LogP contribution is -2.25. The largest absolute Gasteiger partial charge is 0.486 e. The molecule has 0 saturated carbocycles. The minimum Gasteiger partial charge on any atom is -0.486 e. The Hall–Kier alpha value is -1.61. The number of nitrogens with zero attached hydrogens (tertiary/aromatic N) is 1. The Labute approximate surface area is 94.7 Å². The van der Waals surface area contributed by atoms with Gasteiger partial charge in [-0.25, -0.2) is 0 Å². The van der Waals surface area contributed by atoms with Gasteiger partial charge >= 0.3 is 0 Å². The molecule has 0 amide bonds. The van der Waals surface area contributed by atoms with Gasteiger partial charge in [-0.3, -0.25) is 4.98 Å². The quantitative estimate of drug-likeness (QED) is 0.858. The van der Waals surface area contributed by atoms with Crippen LogP contribution in [0.4, 0.5) is 0 Å². The number of rotatable bonds is 3. The van der Waals surface area contributed by atoms with Gasteiger partial charge in [0.25, 0.3) is 0 Å². The van der Waals surface area contributed by atoms with Crippen molar-refractivity contribution >= 4 is 10.9 Å². The molecular weight excluding hydrogens is 202 g/mol. The van der Waals surface area contributed by atoms with Gasteiger partial charge in [0.15, 0.2) is 0 Å². The third kappa shape index (κ3) is 2.14. The number of benzene rings is 1. The van der Waals surface area contributed by atoms with Crippen molar-refractivity contribution in [2.45, 2.75) is 26.1 Å². The summed E-state index contributed by atoms with van der Waals surface area (Å²) in [6.07, 6.45) is 0.994. The first-order valence-electron chi connectivity index (χ1n) is 5.37. The predicted octanol–water partition coefficient (Wildman–Crippen LogP) is 2.38. The van der Waals surface area contributed by atoms with E-state index in [4.69, 9.17) is 4.74 Å². The predicted molar refractivity (Wildman–Crippen MR) is 63.5 cm³/mol.